The van der Waals surface area contributed by atoms with Gasteiger partial charge in [0.05, 0.1) is 13.2 Å². The van der Waals surface area contributed by atoms with Crippen molar-refractivity contribution in [3.05, 3.63) is 12.2 Å². The molecule has 3 nitrogen and oxygen atoms in total. The molecular formula is C12H20O3. The standard InChI is InChI=1S/C12H20O3/c13-8-2-1-3-11-4-6-12(7-5-11)14-9-10-15-12/h1,3,11,13H,2,4-10H2. The summed E-state index contributed by atoms with van der Waals surface area (Å²) in [5.74, 6) is 0.413. The van der Waals surface area contributed by atoms with Gasteiger partial charge in [0.15, 0.2) is 5.79 Å². The highest BCUT2D eigenvalue weighted by Crippen LogP contribution is 2.38. The number of aliphatic hydroxyl groups excluding tert-OH is 1. The monoisotopic (exact) mass is 212 g/mol. The zero-order valence-electron chi connectivity index (χ0n) is 9.15. The molecule has 1 N–H and O–H groups in total. The molecule has 0 aromatic heterocycles. The molecule has 1 aliphatic heterocycles. The van der Waals surface area contributed by atoms with Crippen LogP contribution in [0.3, 0.4) is 0 Å². The number of rotatable bonds is 3. The first-order valence-corrected chi connectivity index (χ1v) is 5.90. The second kappa shape index (κ2) is 5.10. The molecule has 2 fully saturated rings. The summed E-state index contributed by atoms with van der Waals surface area (Å²) in [6.45, 7) is 1.76. The Labute approximate surface area is 91.1 Å². The molecule has 0 aromatic carbocycles. The minimum atomic E-state index is -0.235. The number of ether oxygens (including phenoxy) is 2. The second-order valence-corrected chi connectivity index (χ2v) is 4.39. The lowest BCUT2D eigenvalue weighted by atomic mass is 9.85. The van der Waals surface area contributed by atoms with E-state index < -0.39 is 0 Å². The van der Waals surface area contributed by atoms with E-state index >= 15 is 0 Å². The van der Waals surface area contributed by atoms with Crippen LogP contribution >= 0.6 is 0 Å². The van der Waals surface area contributed by atoms with E-state index in [0.29, 0.717) is 5.92 Å². The Hall–Kier alpha value is -0.380. The Balaban J connectivity index is 1.76. The van der Waals surface area contributed by atoms with Crippen LogP contribution in [0.2, 0.25) is 0 Å². The zero-order valence-corrected chi connectivity index (χ0v) is 9.15. The van der Waals surface area contributed by atoms with E-state index in [-0.39, 0.29) is 12.4 Å². The van der Waals surface area contributed by atoms with Gasteiger partial charge in [-0.05, 0) is 25.2 Å². The third-order valence-electron chi connectivity index (χ3n) is 3.31. The summed E-state index contributed by atoms with van der Waals surface area (Å²) >= 11 is 0. The molecule has 1 heterocycles. The van der Waals surface area contributed by atoms with Gasteiger partial charge in [-0.2, -0.15) is 0 Å². The largest absolute Gasteiger partial charge is 0.396 e. The van der Waals surface area contributed by atoms with Crippen LogP contribution < -0.4 is 0 Å². The highest BCUT2D eigenvalue weighted by Gasteiger charge is 2.39. The molecule has 1 saturated carbocycles. The minimum absolute atomic E-state index is 0.235. The van der Waals surface area contributed by atoms with Crippen molar-refractivity contribution in [2.75, 3.05) is 19.8 Å². The number of hydrogen-bond donors (Lipinski definition) is 1. The Kier molecular flexibility index (Phi) is 3.78. The first-order chi connectivity index (χ1) is 7.35. The molecule has 0 aromatic rings. The average Bonchev–Trinajstić information content (AvgIpc) is 2.71. The molecule has 1 saturated heterocycles. The summed E-state index contributed by atoms with van der Waals surface area (Å²) < 4.78 is 11.3. The first-order valence-electron chi connectivity index (χ1n) is 5.90. The van der Waals surface area contributed by atoms with Gasteiger partial charge in [-0.15, -0.1) is 0 Å². The molecular weight excluding hydrogens is 192 g/mol. The Morgan fingerprint density at radius 2 is 1.87 bits per heavy atom. The molecule has 15 heavy (non-hydrogen) atoms. The van der Waals surface area contributed by atoms with Crippen molar-refractivity contribution in [1.82, 2.24) is 0 Å². The van der Waals surface area contributed by atoms with E-state index in [2.05, 4.69) is 12.2 Å². The van der Waals surface area contributed by atoms with Gasteiger partial charge in [0.1, 0.15) is 0 Å². The van der Waals surface area contributed by atoms with E-state index in [4.69, 9.17) is 14.6 Å². The second-order valence-electron chi connectivity index (χ2n) is 4.39. The minimum Gasteiger partial charge on any atom is -0.396 e. The van der Waals surface area contributed by atoms with Crippen LogP contribution in [0.4, 0.5) is 0 Å². The fraction of sp³-hybridized carbons (Fsp3) is 0.833. The van der Waals surface area contributed by atoms with E-state index in [9.17, 15) is 0 Å². The summed E-state index contributed by atoms with van der Waals surface area (Å²) in [6, 6.07) is 0. The van der Waals surface area contributed by atoms with Gasteiger partial charge in [-0.25, -0.2) is 0 Å². The Morgan fingerprint density at radius 1 is 1.20 bits per heavy atom. The van der Waals surface area contributed by atoms with Gasteiger partial charge in [-0.3, -0.25) is 0 Å². The van der Waals surface area contributed by atoms with Crippen molar-refractivity contribution in [2.45, 2.75) is 37.9 Å². The highest BCUT2D eigenvalue weighted by molar-refractivity contribution is 4.93. The van der Waals surface area contributed by atoms with Crippen LogP contribution in [0.1, 0.15) is 32.1 Å². The molecule has 0 atom stereocenters. The number of hydrogen-bond acceptors (Lipinski definition) is 3. The highest BCUT2D eigenvalue weighted by atomic mass is 16.7. The lowest BCUT2D eigenvalue weighted by Gasteiger charge is -2.34. The smallest absolute Gasteiger partial charge is 0.168 e. The number of aliphatic hydroxyl groups is 1. The predicted octanol–water partition coefficient (Wildman–Crippen LogP) is 1.86. The predicted molar refractivity (Wildman–Crippen MR) is 57.4 cm³/mol. The Morgan fingerprint density at radius 3 is 2.47 bits per heavy atom. The maximum absolute atomic E-state index is 8.67. The summed E-state index contributed by atoms with van der Waals surface area (Å²) in [7, 11) is 0. The zero-order chi connectivity index (χ0) is 10.6. The van der Waals surface area contributed by atoms with E-state index in [1.54, 1.807) is 0 Å². The van der Waals surface area contributed by atoms with Gasteiger partial charge < -0.3 is 14.6 Å². The van der Waals surface area contributed by atoms with Crippen molar-refractivity contribution >= 4 is 0 Å². The van der Waals surface area contributed by atoms with Crippen molar-refractivity contribution in [3.63, 3.8) is 0 Å². The molecule has 1 spiro atoms. The summed E-state index contributed by atoms with van der Waals surface area (Å²) in [5, 5.41) is 8.67. The van der Waals surface area contributed by atoms with Crippen LogP contribution in [-0.2, 0) is 9.47 Å². The van der Waals surface area contributed by atoms with Crippen molar-refractivity contribution in [3.8, 4) is 0 Å². The summed E-state index contributed by atoms with van der Waals surface area (Å²) in [6.07, 6.45) is 9.40. The molecule has 2 rings (SSSR count). The fourth-order valence-corrected chi connectivity index (χ4v) is 2.42. The molecule has 1 aliphatic carbocycles. The van der Waals surface area contributed by atoms with E-state index in [1.165, 1.54) is 0 Å². The number of allylic oxidation sites excluding steroid dienone is 1. The first kappa shape index (κ1) is 11.1. The van der Waals surface area contributed by atoms with Crippen LogP contribution in [0.15, 0.2) is 12.2 Å². The molecule has 0 amide bonds. The topological polar surface area (TPSA) is 38.7 Å². The molecule has 3 heteroatoms. The van der Waals surface area contributed by atoms with Gasteiger partial charge in [0.25, 0.3) is 0 Å². The van der Waals surface area contributed by atoms with Gasteiger partial charge >= 0.3 is 0 Å². The SMILES string of the molecule is OCCC=CC1CCC2(CC1)OCCO2. The van der Waals surface area contributed by atoms with E-state index in [0.717, 1.165) is 45.3 Å². The van der Waals surface area contributed by atoms with Crippen LogP contribution in [0.5, 0.6) is 0 Å². The third-order valence-corrected chi connectivity index (χ3v) is 3.31. The molecule has 0 unspecified atom stereocenters. The maximum Gasteiger partial charge on any atom is 0.168 e. The summed E-state index contributed by atoms with van der Waals surface area (Å²) in [5.41, 5.74) is 0. The molecule has 86 valence electrons. The van der Waals surface area contributed by atoms with Crippen molar-refractivity contribution in [1.29, 1.82) is 0 Å². The maximum atomic E-state index is 8.67. The van der Waals surface area contributed by atoms with Crippen LogP contribution in [0.25, 0.3) is 0 Å². The van der Waals surface area contributed by atoms with Gasteiger partial charge in [-0.1, -0.05) is 12.2 Å². The third kappa shape index (κ3) is 2.80. The van der Waals surface area contributed by atoms with Crippen molar-refractivity contribution in [2.24, 2.45) is 5.92 Å². The lowest BCUT2D eigenvalue weighted by molar-refractivity contribution is -0.180. The molecule has 0 radical (unpaired) electrons. The molecule has 2 aliphatic rings. The van der Waals surface area contributed by atoms with Gasteiger partial charge in [0, 0.05) is 19.4 Å². The Bertz CT molecular complexity index is 209. The molecule has 0 bridgehead atoms. The lowest BCUT2D eigenvalue weighted by Crippen LogP contribution is -2.34. The van der Waals surface area contributed by atoms with E-state index in [1.807, 2.05) is 0 Å². The van der Waals surface area contributed by atoms with Crippen LogP contribution in [-0.4, -0.2) is 30.7 Å². The average molecular weight is 212 g/mol. The van der Waals surface area contributed by atoms with Crippen molar-refractivity contribution < 1.29 is 14.6 Å². The van der Waals surface area contributed by atoms with Gasteiger partial charge in [0.2, 0.25) is 0 Å². The summed E-state index contributed by atoms with van der Waals surface area (Å²) in [4.78, 5) is 0. The fourth-order valence-electron chi connectivity index (χ4n) is 2.42. The quantitative estimate of drug-likeness (QED) is 0.726. The normalized spacial score (nSPS) is 26.7. The van der Waals surface area contributed by atoms with Crippen LogP contribution in [0, 0.1) is 5.92 Å².